The topological polar surface area (TPSA) is 0 Å². The van der Waals surface area contributed by atoms with Crippen molar-refractivity contribution in [1.82, 2.24) is 0 Å². The smallest absolute Gasteiger partial charge is 1.00 e. The van der Waals surface area contributed by atoms with Gasteiger partial charge in [0.25, 0.3) is 0 Å². The fourth-order valence-corrected chi connectivity index (χ4v) is 1.51. The monoisotopic (exact) mass is 377 g/mol. The summed E-state index contributed by atoms with van der Waals surface area (Å²) in [6.07, 6.45) is 0. The molecule has 0 amide bonds. The Balaban J connectivity index is -0.0000000754. The Labute approximate surface area is 146 Å². The van der Waals surface area contributed by atoms with Crippen molar-refractivity contribution < 1.29 is 51.0 Å². The molecule has 0 atom stereocenters. The van der Waals surface area contributed by atoms with Gasteiger partial charge >= 0.3 is 26.2 Å². The van der Waals surface area contributed by atoms with Crippen LogP contribution in [0.15, 0.2) is 60.7 Å². The van der Waals surface area contributed by atoms with Gasteiger partial charge in [0.2, 0.25) is 0 Å². The summed E-state index contributed by atoms with van der Waals surface area (Å²) in [5, 5.41) is 0. The molecule has 0 aliphatic rings. The van der Waals surface area contributed by atoms with Crippen LogP contribution in [0.3, 0.4) is 0 Å². The van der Waals surface area contributed by atoms with Crippen LogP contribution in [0.4, 0.5) is 0 Å². The molecule has 0 aliphatic carbocycles. The van der Waals surface area contributed by atoms with Gasteiger partial charge in [-0.3, -0.25) is 0 Å². The first-order chi connectivity index (χ1) is 7.41. The minimum absolute atomic E-state index is 0. The molecule has 2 aromatic carbocycles. The molecule has 0 saturated heterocycles. The molecular formula is C14H21Cl2SiZr. The van der Waals surface area contributed by atoms with Crippen LogP contribution in [0.1, 0.15) is 13.8 Å². The Bertz CT molecular complexity index is 194. The fraction of sp³-hybridized carbons (Fsp3) is 0.286. The summed E-state index contributed by atoms with van der Waals surface area (Å²) in [5.41, 5.74) is 0. The van der Waals surface area contributed by atoms with Gasteiger partial charge in [-0.05, 0) is 0 Å². The Morgan fingerprint density at radius 3 is 1.06 bits per heavy atom. The maximum absolute atomic E-state index is 2.25. The van der Waals surface area contributed by atoms with Crippen molar-refractivity contribution in [3.05, 3.63) is 60.7 Å². The van der Waals surface area contributed by atoms with E-state index in [1.54, 1.807) is 0 Å². The number of hydrogen-bond acceptors (Lipinski definition) is 0. The van der Waals surface area contributed by atoms with E-state index in [1.807, 2.05) is 60.7 Å². The first-order valence-electron chi connectivity index (χ1n) is 5.56. The number of rotatable bonds is 2. The van der Waals surface area contributed by atoms with Crippen molar-refractivity contribution in [3.63, 3.8) is 0 Å². The molecule has 0 aliphatic heterocycles. The second-order valence-electron chi connectivity index (χ2n) is 3.03. The Hall–Kier alpha value is 0.380. The number of hydrogen-bond donors (Lipinski definition) is 0. The molecule has 2 rings (SSSR count). The third-order valence-corrected chi connectivity index (χ3v) is 2.84. The normalized spacial score (nSPS) is 6.78. The predicted octanol–water partition coefficient (Wildman–Crippen LogP) is -1.88. The van der Waals surface area contributed by atoms with Gasteiger partial charge in [0.05, 0.1) is 0 Å². The summed E-state index contributed by atoms with van der Waals surface area (Å²) in [6, 6.07) is 22.9. The molecule has 99 valence electrons. The SMILES string of the molecule is CC[SiH]CC.[Cl-].[Cl-].[Zr+4].c1cc[cH-]c1.c1cc[cH-]c1. The van der Waals surface area contributed by atoms with Gasteiger partial charge in [-0.1, -0.05) is 25.9 Å². The van der Waals surface area contributed by atoms with Gasteiger partial charge < -0.3 is 24.8 Å². The van der Waals surface area contributed by atoms with Crippen LogP contribution in [-0.2, 0) is 26.2 Å². The molecule has 0 bridgehead atoms. The second kappa shape index (κ2) is 26.0. The van der Waals surface area contributed by atoms with E-state index in [0.717, 1.165) is 9.52 Å². The van der Waals surface area contributed by atoms with Crippen LogP contribution >= 0.6 is 0 Å². The van der Waals surface area contributed by atoms with Crippen molar-refractivity contribution in [1.29, 1.82) is 0 Å². The van der Waals surface area contributed by atoms with Crippen LogP contribution in [0, 0.1) is 0 Å². The summed E-state index contributed by atoms with van der Waals surface area (Å²) in [7, 11) is 0.815. The van der Waals surface area contributed by atoms with Crippen LogP contribution in [-0.4, -0.2) is 9.52 Å². The van der Waals surface area contributed by atoms with E-state index in [4.69, 9.17) is 0 Å². The van der Waals surface area contributed by atoms with Crippen molar-refractivity contribution in [2.75, 3.05) is 0 Å². The Kier molecular flexibility index (Phi) is 38.9. The minimum atomic E-state index is 0. The van der Waals surface area contributed by atoms with Gasteiger partial charge in [0.15, 0.2) is 0 Å². The molecular weight excluding hydrogens is 358 g/mol. The van der Waals surface area contributed by atoms with E-state index >= 15 is 0 Å². The Morgan fingerprint density at radius 1 is 0.722 bits per heavy atom. The van der Waals surface area contributed by atoms with Crippen LogP contribution in [0.5, 0.6) is 0 Å². The Morgan fingerprint density at radius 2 is 1.00 bits per heavy atom. The summed E-state index contributed by atoms with van der Waals surface area (Å²) in [5.74, 6) is 0. The molecule has 4 heteroatoms. The van der Waals surface area contributed by atoms with Gasteiger partial charge in [-0.2, -0.15) is 36.4 Å². The van der Waals surface area contributed by atoms with Crippen molar-refractivity contribution >= 4 is 9.52 Å². The summed E-state index contributed by atoms with van der Waals surface area (Å²) >= 11 is 0. The third kappa shape index (κ3) is 25.3. The standard InChI is InChI=1S/2C5H5.C4H11Si.2ClH.Zr/c2*1-2-4-5-3-1;1-3-5-4-2;;;/h2*1-5H;5H,3-4H2,1-2H3;2*1H;/q2*-1;;;;+4/p-2. The molecule has 18 heavy (non-hydrogen) atoms. The molecule has 0 nitrogen and oxygen atoms in total. The predicted molar refractivity (Wildman–Crippen MR) is 72.2 cm³/mol. The van der Waals surface area contributed by atoms with Gasteiger partial charge in [-0.25, -0.2) is 24.3 Å². The third-order valence-electron chi connectivity index (χ3n) is 1.69. The zero-order valence-corrected chi connectivity index (χ0v) is 16.1. The van der Waals surface area contributed by atoms with E-state index in [9.17, 15) is 0 Å². The van der Waals surface area contributed by atoms with Crippen LogP contribution in [0.25, 0.3) is 0 Å². The first-order valence-corrected chi connectivity index (χ1v) is 7.20. The van der Waals surface area contributed by atoms with E-state index in [2.05, 4.69) is 13.8 Å². The van der Waals surface area contributed by atoms with Gasteiger partial charge in [0.1, 0.15) is 0 Å². The van der Waals surface area contributed by atoms with Crippen LogP contribution < -0.4 is 24.8 Å². The van der Waals surface area contributed by atoms with Crippen molar-refractivity contribution in [3.8, 4) is 0 Å². The molecule has 1 radical (unpaired) electrons. The van der Waals surface area contributed by atoms with Crippen molar-refractivity contribution in [2.24, 2.45) is 0 Å². The molecule has 0 N–H and O–H groups in total. The van der Waals surface area contributed by atoms with Crippen molar-refractivity contribution in [2.45, 2.75) is 25.9 Å². The molecule has 0 saturated carbocycles. The minimum Gasteiger partial charge on any atom is -1.00 e. The largest absolute Gasteiger partial charge is 4.00 e. The average molecular weight is 380 g/mol. The molecule has 2 aromatic rings. The molecule has 0 unspecified atom stereocenters. The fourth-order valence-electron chi connectivity index (χ4n) is 0.930. The van der Waals surface area contributed by atoms with E-state index in [1.165, 1.54) is 12.1 Å². The maximum Gasteiger partial charge on any atom is 4.00 e. The molecule has 0 spiro atoms. The maximum atomic E-state index is 2.25. The number of halogens is 2. The summed E-state index contributed by atoms with van der Waals surface area (Å²) < 4.78 is 0. The summed E-state index contributed by atoms with van der Waals surface area (Å²) in [6.45, 7) is 4.50. The second-order valence-corrected chi connectivity index (χ2v) is 5.24. The molecule has 0 aromatic heterocycles. The van der Waals surface area contributed by atoms with Gasteiger partial charge in [-0.15, -0.1) is 0 Å². The van der Waals surface area contributed by atoms with E-state index < -0.39 is 0 Å². The molecule has 0 heterocycles. The van der Waals surface area contributed by atoms with Gasteiger partial charge in [0, 0.05) is 9.52 Å². The average Bonchev–Trinajstić information content (AvgIpc) is 2.99. The zero-order chi connectivity index (χ0) is 11.2. The zero-order valence-electron chi connectivity index (χ0n) is 11.0. The quantitative estimate of drug-likeness (QED) is 0.423. The van der Waals surface area contributed by atoms with E-state index in [-0.39, 0.29) is 51.0 Å². The van der Waals surface area contributed by atoms with E-state index in [0.29, 0.717) is 0 Å². The molecule has 0 fully saturated rings. The first kappa shape index (κ1) is 26.8. The summed E-state index contributed by atoms with van der Waals surface area (Å²) in [4.78, 5) is 0. The van der Waals surface area contributed by atoms with Crippen LogP contribution in [0.2, 0.25) is 12.1 Å².